The second-order valence-electron chi connectivity index (χ2n) is 3.72. The van der Waals surface area contributed by atoms with Crippen molar-refractivity contribution in [3.05, 3.63) is 10.9 Å². The molecular weight excluding hydrogens is 208 g/mol. The first kappa shape index (κ1) is 14.7. The Morgan fingerprint density at radius 3 is 2.07 bits per heavy atom. The average Bonchev–Trinajstić information content (AvgIpc) is 2.21. The fraction of sp³-hybridized carbons (Fsp3) is 0.833. The van der Waals surface area contributed by atoms with Crippen molar-refractivity contribution in [2.75, 3.05) is 5.75 Å². The van der Waals surface area contributed by atoms with Crippen LogP contribution >= 0.6 is 11.8 Å². The predicted octanol–water partition coefficient (Wildman–Crippen LogP) is 4.78. The van der Waals surface area contributed by atoms with E-state index in [0.29, 0.717) is 11.3 Å². The van der Waals surface area contributed by atoms with Gasteiger partial charge in [0.15, 0.2) is 0 Å². The summed E-state index contributed by atoms with van der Waals surface area (Å²) in [6.45, 7) is 4.16. The number of rotatable bonds is 9. The number of thioether (sulfide) groups is 1. The molecule has 0 radical (unpaired) electrons. The Morgan fingerprint density at radius 1 is 0.933 bits per heavy atom. The largest absolute Gasteiger partial charge is 0.481 e. The third-order valence-electron chi connectivity index (χ3n) is 2.34. The second-order valence-corrected chi connectivity index (χ2v) is 4.91. The Labute approximate surface area is 97.8 Å². The van der Waals surface area contributed by atoms with E-state index in [2.05, 4.69) is 6.92 Å². The number of aliphatic hydroxyl groups excluding tert-OH is 1. The molecule has 0 amide bonds. The maximum atomic E-state index is 8.90. The molecule has 2 N–H and O–H groups in total. The van der Waals surface area contributed by atoms with Crippen molar-refractivity contribution >= 4 is 11.8 Å². The van der Waals surface area contributed by atoms with Crippen LogP contribution in [0.25, 0.3) is 0 Å². The molecule has 0 atom stereocenters. The Hall–Kier alpha value is -0.310. The lowest BCUT2D eigenvalue weighted by Crippen LogP contribution is -1.88. The van der Waals surface area contributed by atoms with Crippen molar-refractivity contribution in [3.8, 4) is 0 Å². The van der Waals surface area contributed by atoms with Crippen LogP contribution < -0.4 is 0 Å². The van der Waals surface area contributed by atoms with Crippen LogP contribution in [-0.4, -0.2) is 16.0 Å². The first-order chi connectivity index (χ1) is 7.22. The summed E-state index contributed by atoms with van der Waals surface area (Å²) in [7, 11) is 0. The Balaban J connectivity index is 3.34. The van der Waals surface area contributed by atoms with Crippen molar-refractivity contribution in [3.63, 3.8) is 0 Å². The standard InChI is InChI=1S/C12H24O2S/c1-3-5-6-7-8-9-10-15-11(4-2)12(13)14/h13-14H,3-10H2,1-2H3. The lowest BCUT2D eigenvalue weighted by atomic mass is 10.1. The molecule has 0 spiro atoms. The molecule has 0 aromatic heterocycles. The third kappa shape index (κ3) is 8.67. The molecule has 0 aliphatic rings. The van der Waals surface area contributed by atoms with Crippen LogP contribution in [0.1, 0.15) is 58.8 Å². The van der Waals surface area contributed by atoms with Gasteiger partial charge in [-0.2, -0.15) is 0 Å². The summed E-state index contributed by atoms with van der Waals surface area (Å²) >= 11 is 1.57. The van der Waals surface area contributed by atoms with E-state index in [1.807, 2.05) is 6.92 Å². The van der Waals surface area contributed by atoms with Crippen LogP contribution in [0.3, 0.4) is 0 Å². The first-order valence-electron chi connectivity index (χ1n) is 5.96. The van der Waals surface area contributed by atoms with Gasteiger partial charge in [0.1, 0.15) is 0 Å². The molecule has 0 aromatic rings. The van der Waals surface area contributed by atoms with Crippen LogP contribution in [0.2, 0.25) is 0 Å². The molecular formula is C12H24O2S. The molecule has 2 nitrogen and oxygen atoms in total. The highest BCUT2D eigenvalue weighted by Gasteiger charge is 2.02. The van der Waals surface area contributed by atoms with Crippen LogP contribution in [0.15, 0.2) is 10.9 Å². The Morgan fingerprint density at radius 2 is 1.53 bits per heavy atom. The van der Waals surface area contributed by atoms with Crippen molar-refractivity contribution in [2.45, 2.75) is 58.8 Å². The van der Waals surface area contributed by atoms with E-state index in [1.165, 1.54) is 38.5 Å². The fourth-order valence-electron chi connectivity index (χ4n) is 1.40. The highest BCUT2D eigenvalue weighted by molar-refractivity contribution is 8.03. The molecule has 0 bridgehead atoms. The van der Waals surface area contributed by atoms with E-state index in [1.54, 1.807) is 11.8 Å². The van der Waals surface area contributed by atoms with Gasteiger partial charge in [0.25, 0.3) is 5.95 Å². The molecule has 0 aliphatic heterocycles. The zero-order valence-corrected chi connectivity index (χ0v) is 10.8. The van der Waals surface area contributed by atoms with Crippen molar-refractivity contribution in [2.24, 2.45) is 0 Å². The van der Waals surface area contributed by atoms with E-state index in [-0.39, 0.29) is 0 Å². The van der Waals surface area contributed by atoms with Crippen LogP contribution in [-0.2, 0) is 0 Å². The number of unbranched alkanes of at least 4 members (excludes halogenated alkanes) is 5. The molecule has 0 saturated heterocycles. The molecule has 15 heavy (non-hydrogen) atoms. The summed E-state index contributed by atoms with van der Waals surface area (Å²) in [5, 5.41) is 17.8. The monoisotopic (exact) mass is 232 g/mol. The zero-order chi connectivity index (χ0) is 11.5. The lowest BCUT2D eigenvalue weighted by molar-refractivity contribution is 0.187. The van der Waals surface area contributed by atoms with Gasteiger partial charge in [-0.25, -0.2) is 0 Å². The number of hydrogen-bond acceptors (Lipinski definition) is 3. The summed E-state index contributed by atoms with van der Waals surface area (Å²) in [4.78, 5) is 0.712. The van der Waals surface area contributed by atoms with Crippen molar-refractivity contribution in [1.82, 2.24) is 0 Å². The molecule has 0 aromatic carbocycles. The summed E-state index contributed by atoms with van der Waals surface area (Å²) in [5.74, 6) is 0.508. The molecule has 0 rings (SSSR count). The van der Waals surface area contributed by atoms with Crippen LogP contribution in [0.5, 0.6) is 0 Å². The third-order valence-corrected chi connectivity index (χ3v) is 3.66. The summed E-state index contributed by atoms with van der Waals surface area (Å²) in [6.07, 6.45) is 8.41. The van der Waals surface area contributed by atoms with E-state index in [9.17, 15) is 0 Å². The Kier molecular flexibility index (Phi) is 10.0. The normalized spacial score (nSPS) is 10.3. The highest BCUT2D eigenvalue weighted by atomic mass is 32.2. The molecule has 0 aliphatic carbocycles. The average molecular weight is 232 g/mol. The van der Waals surface area contributed by atoms with Gasteiger partial charge in [0, 0.05) is 0 Å². The molecule has 0 saturated carbocycles. The van der Waals surface area contributed by atoms with Crippen molar-refractivity contribution < 1.29 is 10.2 Å². The van der Waals surface area contributed by atoms with Gasteiger partial charge in [-0.3, -0.25) is 0 Å². The molecule has 0 unspecified atom stereocenters. The minimum atomic E-state index is -0.492. The SMILES string of the molecule is CCCCCCCCSC(CC)=C(O)O. The summed E-state index contributed by atoms with van der Waals surface area (Å²) in [5.41, 5.74) is 0. The van der Waals surface area contributed by atoms with E-state index >= 15 is 0 Å². The quantitative estimate of drug-likeness (QED) is 0.444. The number of allylic oxidation sites excluding steroid dienone is 1. The fourth-order valence-corrected chi connectivity index (χ4v) is 2.33. The van der Waals surface area contributed by atoms with Gasteiger partial charge in [0.2, 0.25) is 0 Å². The molecule has 0 fully saturated rings. The minimum Gasteiger partial charge on any atom is -0.481 e. The molecule has 0 heterocycles. The van der Waals surface area contributed by atoms with Gasteiger partial charge < -0.3 is 10.2 Å². The van der Waals surface area contributed by atoms with Gasteiger partial charge in [-0.15, -0.1) is 11.8 Å². The van der Waals surface area contributed by atoms with Gasteiger partial charge in [0.05, 0.1) is 4.91 Å². The van der Waals surface area contributed by atoms with Crippen LogP contribution in [0, 0.1) is 0 Å². The topological polar surface area (TPSA) is 40.5 Å². The van der Waals surface area contributed by atoms with E-state index < -0.39 is 5.95 Å². The van der Waals surface area contributed by atoms with Gasteiger partial charge >= 0.3 is 0 Å². The summed E-state index contributed by atoms with van der Waals surface area (Å²) in [6, 6.07) is 0. The smallest absolute Gasteiger partial charge is 0.284 e. The first-order valence-corrected chi connectivity index (χ1v) is 6.94. The highest BCUT2D eigenvalue weighted by Crippen LogP contribution is 2.22. The van der Waals surface area contributed by atoms with Crippen molar-refractivity contribution in [1.29, 1.82) is 0 Å². The van der Waals surface area contributed by atoms with E-state index in [4.69, 9.17) is 10.2 Å². The maximum absolute atomic E-state index is 8.90. The number of hydrogen-bond donors (Lipinski definition) is 2. The Bertz CT molecular complexity index is 174. The maximum Gasteiger partial charge on any atom is 0.284 e. The molecule has 90 valence electrons. The van der Waals surface area contributed by atoms with Crippen LogP contribution in [0.4, 0.5) is 0 Å². The summed E-state index contributed by atoms with van der Waals surface area (Å²) < 4.78 is 0. The van der Waals surface area contributed by atoms with Gasteiger partial charge in [-0.05, 0) is 18.6 Å². The zero-order valence-electron chi connectivity index (χ0n) is 9.96. The predicted molar refractivity (Wildman–Crippen MR) is 68.4 cm³/mol. The van der Waals surface area contributed by atoms with E-state index in [0.717, 1.165) is 5.75 Å². The second kappa shape index (κ2) is 10.2. The molecule has 3 heteroatoms. The number of aliphatic hydroxyl groups is 2. The van der Waals surface area contributed by atoms with Gasteiger partial charge in [-0.1, -0.05) is 46.0 Å². The lowest BCUT2D eigenvalue weighted by Gasteiger charge is -2.04. The minimum absolute atomic E-state index is 0.492.